The summed E-state index contributed by atoms with van der Waals surface area (Å²) in [6.45, 7) is 7.68. The lowest BCUT2D eigenvalue weighted by molar-refractivity contribution is 0.344. The second-order valence-electron chi connectivity index (χ2n) is 3.77. The van der Waals surface area contributed by atoms with Gasteiger partial charge in [0.1, 0.15) is 0 Å². The van der Waals surface area contributed by atoms with Crippen molar-refractivity contribution in [3.8, 4) is 0 Å². The van der Waals surface area contributed by atoms with Crippen LogP contribution in [0.3, 0.4) is 0 Å². The first-order chi connectivity index (χ1) is 5.34. The first-order valence-corrected chi connectivity index (χ1v) is 4.54. The second kappa shape index (κ2) is 2.83. The molecule has 12 heavy (non-hydrogen) atoms. The van der Waals surface area contributed by atoms with Crippen molar-refractivity contribution in [3.63, 3.8) is 0 Å². The van der Waals surface area contributed by atoms with Crippen LogP contribution in [0.1, 0.15) is 26.5 Å². The zero-order valence-electron chi connectivity index (χ0n) is 7.65. The van der Waals surface area contributed by atoms with E-state index < -0.39 is 0 Å². The fourth-order valence-corrected chi connectivity index (χ4v) is 1.55. The molecule has 4 heteroatoms. The highest BCUT2D eigenvalue weighted by Crippen LogP contribution is 2.23. The van der Waals surface area contributed by atoms with Gasteiger partial charge in [0.05, 0.1) is 11.2 Å². The summed E-state index contributed by atoms with van der Waals surface area (Å²) in [5, 5.41) is 4.04. The maximum absolute atomic E-state index is 13.2. The lowest BCUT2D eigenvalue weighted by Crippen LogP contribution is -2.24. The molecule has 0 atom stereocenters. The minimum atomic E-state index is -0.273. The third-order valence-corrected chi connectivity index (χ3v) is 2.15. The number of nitrogens with zero attached hydrogens (tertiary/aromatic N) is 2. The number of rotatable bonds is 0. The molecule has 1 heterocycles. The van der Waals surface area contributed by atoms with Crippen LogP contribution in [-0.2, 0) is 5.54 Å². The van der Waals surface area contributed by atoms with E-state index in [1.807, 2.05) is 20.8 Å². The van der Waals surface area contributed by atoms with Crippen molar-refractivity contribution < 1.29 is 4.39 Å². The van der Waals surface area contributed by atoms with Gasteiger partial charge in [-0.15, -0.1) is 0 Å². The van der Waals surface area contributed by atoms with Gasteiger partial charge in [-0.05, 0) is 43.6 Å². The van der Waals surface area contributed by atoms with E-state index in [2.05, 4.69) is 21.0 Å². The van der Waals surface area contributed by atoms with Crippen LogP contribution in [0.2, 0.25) is 0 Å². The molecular formula is C8H12BrFN2. The molecule has 2 nitrogen and oxygen atoms in total. The highest BCUT2D eigenvalue weighted by Gasteiger charge is 2.21. The van der Waals surface area contributed by atoms with Crippen LogP contribution in [0.5, 0.6) is 0 Å². The molecule has 1 aromatic heterocycles. The maximum Gasteiger partial charge on any atom is 0.178 e. The van der Waals surface area contributed by atoms with E-state index >= 15 is 0 Å². The van der Waals surface area contributed by atoms with E-state index in [9.17, 15) is 4.39 Å². The van der Waals surface area contributed by atoms with Gasteiger partial charge in [-0.1, -0.05) is 0 Å². The molecule has 0 aliphatic rings. The summed E-state index contributed by atoms with van der Waals surface area (Å²) in [7, 11) is 0. The second-order valence-corrected chi connectivity index (χ2v) is 4.52. The Labute approximate surface area is 79.9 Å². The molecule has 68 valence electrons. The molecule has 0 amide bonds. The molecule has 0 unspecified atom stereocenters. The molecule has 1 rings (SSSR count). The molecular weight excluding hydrogens is 223 g/mol. The topological polar surface area (TPSA) is 17.8 Å². The van der Waals surface area contributed by atoms with E-state index in [0.717, 1.165) is 0 Å². The Kier molecular flexibility index (Phi) is 2.29. The first kappa shape index (κ1) is 9.71. The predicted molar refractivity (Wildman–Crippen MR) is 49.6 cm³/mol. The summed E-state index contributed by atoms with van der Waals surface area (Å²) in [6.07, 6.45) is 0. The SMILES string of the molecule is Cc1c(F)c(Br)nn1C(C)(C)C. The van der Waals surface area contributed by atoms with Crippen molar-refractivity contribution >= 4 is 15.9 Å². The first-order valence-electron chi connectivity index (χ1n) is 3.75. The maximum atomic E-state index is 13.2. The van der Waals surface area contributed by atoms with Crippen molar-refractivity contribution in [3.05, 3.63) is 16.1 Å². The molecule has 0 saturated carbocycles. The fourth-order valence-electron chi connectivity index (χ4n) is 1.10. The van der Waals surface area contributed by atoms with E-state index in [-0.39, 0.29) is 16.0 Å². The Morgan fingerprint density at radius 2 is 1.92 bits per heavy atom. The van der Waals surface area contributed by atoms with Crippen molar-refractivity contribution in [2.75, 3.05) is 0 Å². The Bertz CT molecular complexity index is 299. The zero-order valence-corrected chi connectivity index (χ0v) is 9.24. The number of hydrogen-bond donors (Lipinski definition) is 0. The molecule has 0 fully saturated rings. The normalized spacial score (nSPS) is 12.2. The average Bonchev–Trinajstić information content (AvgIpc) is 2.15. The van der Waals surface area contributed by atoms with Gasteiger partial charge >= 0.3 is 0 Å². The number of halogens is 2. The summed E-state index contributed by atoms with van der Waals surface area (Å²) >= 11 is 3.05. The highest BCUT2D eigenvalue weighted by atomic mass is 79.9. The Balaban J connectivity index is 3.28. The largest absolute Gasteiger partial charge is 0.260 e. The molecule has 0 bridgehead atoms. The van der Waals surface area contributed by atoms with Crippen LogP contribution >= 0.6 is 15.9 Å². The van der Waals surface area contributed by atoms with Crippen molar-refractivity contribution in [2.45, 2.75) is 33.2 Å². The summed E-state index contributed by atoms with van der Waals surface area (Å²) in [5.74, 6) is -0.273. The van der Waals surface area contributed by atoms with Crippen molar-refractivity contribution in [1.29, 1.82) is 0 Å². The van der Waals surface area contributed by atoms with E-state index in [1.165, 1.54) is 0 Å². The van der Waals surface area contributed by atoms with Crippen molar-refractivity contribution in [2.24, 2.45) is 0 Å². The van der Waals surface area contributed by atoms with Crippen molar-refractivity contribution in [1.82, 2.24) is 9.78 Å². The summed E-state index contributed by atoms with van der Waals surface area (Å²) in [6, 6.07) is 0. The van der Waals surface area contributed by atoms with E-state index in [0.29, 0.717) is 5.69 Å². The van der Waals surface area contributed by atoms with Gasteiger partial charge < -0.3 is 0 Å². The summed E-state index contributed by atoms with van der Waals surface area (Å²) < 4.78 is 15.1. The molecule has 1 aromatic rings. The summed E-state index contributed by atoms with van der Waals surface area (Å²) in [5.41, 5.74) is 0.395. The van der Waals surface area contributed by atoms with Crippen LogP contribution in [0.25, 0.3) is 0 Å². The van der Waals surface area contributed by atoms with Crippen LogP contribution in [0.15, 0.2) is 4.60 Å². The number of aromatic nitrogens is 2. The van der Waals surface area contributed by atoms with Gasteiger partial charge in [-0.3, -0.25) is 4.68 Å². The minimum Gasteiger partial charge on any atom is -0.260 e. The van der Waals surface area contributed by atoms with Gasteiger partial charge in [0.2, 0.25) is 0 Å². The fraction of sp³-hybridized carbons (Fsp3) is 0.625. The minimum absolute atomic E-state index is 0.170. The van der Waals surface area contributed by atoms with Crippen LogP contribution in [0, 0.1) is 12.7 Å². The van der Waals surface area contributed by atoms with Gasteiger partial charge in [0.25, 0.3) is 0 Å². The molecule has 0 spiro atoms. The zero-order chi connectivity index (χ0) is 9.52. The molecule has 0 N–H and O–H groups in total. The summed E-state index contributed by atoms with van der Waals surface area (Å²) in [4.78, 5) is 0. The lowest BCUT2D eigenvalue weighted by Gasteiger charge is -2.20. The Hall–Kier alpha value is -0.380. The highest BCUT2D eigenvalue weighted by molar-refractivity contribution is 9.10. The smallest absolute Gasteiger partial charge is 0.178 e. The van der Waals surface area contributed by atoms with Crippen LogP contribution in [0.4, 0.5) is 4.39 Å². The molecule has 0 saturated heterocycles. The van der Waals surface area contributed by atoms with Crippen LogP contribution in [-0.4, -0.2) is 9.78 Å². The standard InChI is InChI=1S/C8H12BrFN2/c1-5-6(10)7(9)11-12(5)8(2,3)4/h1-4H3. The third kappa shape index (κ3) is 1.53. The van der Waals surface area contributed by atoms with Gasteiger partial charge in [-0.25, -0.2) is 4.39 Å². The van der Waals surface area contributed by atoms with Gasteiger partial charge in [0, 0.05) is 0 Å². The molecule has 0 aliphatic heterocycles. The predicted octanol–water partition coefficient (Wildman–Crippen LogP) is 2.85. The van der Waals surface area contributed by atoms with E-state index in [1.54, 1.807) is 11.6 Å². The third-order valence-electron chi connectivity index (χ3n) is 1.64. The van der Waals surface area contributed by atoms with Gasteiger partial charge in [0.15, 0.2) is 10.4 Å². The Morgan fingerprint density at radius 3 is 2.08 bits per heavy atom. The molecule has 0 aromatic carbocycles. The lowest BCUT2D eigenvalue weighted by atomic mass is 10.1. The van der Waals surface area contributed by atoms with Crippen LogP contribution < -0.4 is 0 Å². The monoisotopic (exact) mass is 234 g/mol. The number of hydrogen-bond acceptors (Lipinski definition) is 1. The quantitative estimate of drug-likeness (QED) is 0.676. The average molecular weight is 235 g/mol. The molecule has 0 aliphatic carbocycles. The Morgan fingerprint density at radius 1 is 1.42 bits per heavy atom. The van der Waals surface area contributed by atoms with E-state index in [4.69, 9.17) is 0 Å². The molecule has 0 radical (unpaired) electrons. The van der Waals surface area contributed by atoms with Gasteiger partial charge in [-0.2, -0.15) is 5.10 Å².